The van der Waals surface area contributed by atoms with Gasteiger partial charge in [-0.3, -0.25) is 4.79 Å². The van der Waals surface area contributed by atoms with Crippen molar-refractivity contribution in [3.63, 3.8) is 0 Å². The number of carbonyl (C=O) groups is 1. The normalized spacial score (nSPS) is 10.5. The highest BCUT2D eigenvalue weighted by molar-refractivity contribution is 5.73. The highest BCUT2D eigenvalue weighted by atomic mass is 16.1. The third-order valence-corrected chi connectivity index (χ3v) is 2.04. The average Bonchev–Trinajstić information content (AvgIpc) is 2.24. The van der Waals surface area contributed by atoms with Crippen LogP contribution in [0.15, 0.2) is 30.3 Å². The second-order valence-corrected chi connectivity index (χ2v) is 3.24. The summed E-state index contributed by atoms with van der Waals surface area (Å²) in [6, 6.07) is 7.94. The molecule has 3 heteroatoms. The Hall–Kier alpha value is -1.61. The Balaban J connectivity index is 2.59. The van der Waals surface area contributed by atoms with Gasteiger partial charge < -0.3 is 11.1 Å². The van der Waals surface area contributed by atoms with Gasteiger partial charge in [0.05, 0.1) is 0 Å². The minimum absolute atomic E-state index is 0.0215. The van der Waals surface area contributed by atoms with Crippen LogP contribution in [-0.2, 0) is 11.3 Å². The fraction of sp³-hybridized carbons (Fsp3) is 0.250. The van der Waals surface area contributed by atoms with E-state index in [0.717, 1.165) is 11.1 Å². The molecule has 0 aliphatic heterocycles. The summed E-state index contributed by atoms with van der Waals surface area (Å²) in [7, 11) is 0. The van der Waals surface area contributed by atoms with Gasteiger partial charge in [-0.1, -0.05) is 36.4 Å². The molecule has 3 N–H and O–H groups in total. The molecule has 80 valence electrons. The number of nitrogens with one attached hydrogen (secondary N) is 1. The molecule has 1 amide bonds. The lowest BCUT2D eigenvalue weighted by atomic mass is 10.1. The van der Waals surface area contributed by atoms with E-state index in [4.69, 9.17) is 5.73 Å². The molecule has 1 aromatic carbocycles. The van der Waals surface area contributed by atoms with E-state index >= 15 is 0 Å². The molecule has 0 heterocycles. The van der Waals surface area contributed by atoms with Crippen molar-refractivity contribution < 1.29 is 4.79 Å². The quantitative estimate of drug-likeness (QED) is 0.776. The first-order valence-electron chi connectivity index (χ1n) is 4.93. The molecular weight excluding hydrogens is 188 g/mol. The summed E-state index contributed by atoms with van der Waals surface area (Å²) in [4.78, 5) is 10.6. The lowest BCUT2D eigenvalue weighted by Crippen LogP contribution is -2.19. The number of nitrogens with two attached hydrogens (primary N) is 1. The lowest BCUT2D eigenvalue weighted by molar-refractivity contribution is -0.118. The van der Waals surface area contributed by atoms with Crippen molar-refractivity contribution in [2.45, 2.75) is 13.5 Å². The molecule has 0 aliphatic rings. The molecule has 1 aromatic rings. The van der Waals surface area contributed by atoms with Gasteiger partial charge in [0.2, 0.25) is 5.91 Å². The van der Waals surface area contributed by atoms with Gasteiger partial charge in [-0.2, -0.15) is 0 Å². The predicted octanol–water partition coefficient (Wildman–Crippen LogP) is 1.29. The molecule has 0 aromatic heterocycles. The Kier molecular flexibility index (Phi) is 4.57. The first-order valence-corrected chi connectivity index (χ1v) is 4.93. The fourth-order valence-electron chi connectivity index (χ4n) is 1.27. The molecule has 0 saturated carbocycles. The second kappa shape index (κ2) is 5.98. The van der Waals surface area contributed by atoms with Crippen molar-refractivity contribution >= 4 is 12.0 Å². The van der Waals surface area contributed by atoms with Gasteiger partial charge in [0.15, 0.2) is 0 Å². The topological polar surface area (TPSA) is 55.1 Å². The zero-order valence-electron chi connectivity index (χ0n) is 8.86. The molecule has 0 spiro atoms. The standard InChI is InChI=1S/C12H16N2O/c1-10(15)14-8-4-7-11-5-2-3-6-12(11)9-13/h2-7H,8-9,13H2,1H3,(H,14,15). The number of carbonyl (C=O) groups excluding carboxylic acids is 1. The monoisotopic (exact) mass is 204 g/mol. The van der Waals surface area contributed by atoms with Crippen LogP contribution in [0.3, 0.4) is 0 Å². The van der Waals surface area contributed by atoms with Crippen LogP contribution in [0.2, 0.25) is 0 Å². The first kappa shape index (κ1) is 11.5. The summed E-state index contributed by atoms with van der Waals surface area (Å²) >= 11 is 0. The molecule has 0 fully saturated rings. The second-order valence-electron chi connectivity index (χ2n) is 3.24. The summed E-state index contributed by atoms with van der Waals surface area (Å²) < 4.78 is 0. The lowest BCUT2D eigenvalue weighted by Gasteiger charge is -2.02. The van der Waals surface area contributed by atoms with Crippen LogP contribution in [0.25, 0.3) is 6.08 Å². The van der Waals surface area contributed by atoms with Gasteiger partial charge in [-0.05, 0) is 11.1 Å². The van der Waals surface area contributed by atoms with Crippen molar-refractivity contribution in [1.82, 2.24) is 5.32 Å². The maximum absolute atomic E-state index is 10.6. The predicted molar refractivity (Wildman–Crippen MR) is 62.1 cm³/mol. The van der Waals surface area contributed by atoms with Gasteiger partial charge in [0, 0.05) is 20.0 Å². The molecule has 0 aliphatic carbocycles. The van der Waals surface area contributed by atoms with E-state index in [1.165, 1.54) is 6.92 Å². The molecule has 0 bridgehead atoms. The van der Waals surface area contributed by atoms with Gasteiger partial charge in [-0.25, -0.2) is 0 Å². The van der Waals surface area contributed by atoms with Crippen molar-refractivity contribution in [1.29, 1.82) is 0 Å². The van der Waals surface area contributed by atoms with Gasteiger partial charge >= 0.3 is 0 Å². The first-order chi connectivity index (χ1) is 7.24. The van der Waals surface area contributed by atoms with Crippen molar-refractivity contribution in [2.75, 3.05) is 6.54 Å². The highest BCUT2D eigenvalue weighted by Crippen LogP contribution is 2.09. The summed E-state index contributed by atoms with van der Waals surface area (Å²) in [5, 5.41) is 2.70. The smallest absolute Gasteiger partial charge is 0.217 e. The van der Waals surface area contributed by atoms with E-state index in [1.54, 1.807) is 0 Å². The number of hydrogen-bond donors (Lipinski definition) is 2. The summed E-state index contributed by atoms with van der Waals surface area (Å²) in [6.45, 7) is 2.58. The molecule has 1 rings (SSSR count). The van der Waals surface area contributed by atoms with Crippen molar-refractivity contribution in [3.8, 4) is 0 Å². The number of amides is 1. The average molecular weight is 204 g/mol. The summed E-state index contributed by atoms with van der Waals surface area (Å²) in [6.07, 6.45) is 3.88. The zero-order valence-corrected chi connectivity index (χ0v) is 8.86. The molecule has 3 nitrogen and oxygen atoms in total. The maximum atomic E-state index is 10.6. The Labute approximate surface area is 90.0 Å². The Morgan fingerprint density at radius 2 is 2.20 bits per heavy atom. The minimum Gasteiger partial charge on any atom is -0.353 e. The molecule has 0 radical (unpaired) electrons. The Morgan fingerprint density at radius 3 is 2.87 bits per heavy atom. The van der Waals surface area contributed by atoms with Crippen LogP contribution < -0.4 is 11.1 Å². The van der Waals surface area contributed by atoms with Gasteiger partial charge in [0.25, 0.3) is 0 Å². The van der Waals surface area contributed by atoms with Crippen molar-refractivity contribution in [2.24, 2.45) is 5.73 Å². The number of benzene rings is 1. The Morgan fingerprint density at radius 1 is 1.47 bits per heavy atom. The van der Waals surface area contributed by atoms with Crippen LogP contribution in [0.5, 0.6) is 0 Å². The molecule has 15 heavy (non-hydrogen) atoms. The summed E-state index contributed by atoms with van der Waals surface area (Å²) in [5.41, 5.74) is 7.81. The molecular formula is C12H16N2O. The van der Waals surface area contributed by atoms with Gasteiger partial charge in [0.1, 0.15) is 0 Å². The molecule has 0 saturated heterocycles. The summed E-state index contributed by atoms with van der Waals surface area (Å²) in [5.74, 6) is -0.0215. The SMILES string of the molecule is CC(=O)NCC=Cc1ccccc1CN. The Bertz CT molecular complexity index is 358. The van der Waals surface area contributed by atoms with E-state index in [1.807, 2.05) is 36.4 Å². The third kappa shape index (κ3) is 3.95. The number of hydrogen-bond acceptors (Lipinski definition) is 2. The van der Waals surface area contributed by atoms with Crippen LogP contribution in [0, 0.1) is 0 Å². The largest absolute Gasteiger partial charge is 0.353 e. The van der Waals surface area contributed by atoms with E-state index in [0.29, 0.717) is 13.1 Å². The van der Waals surface area contributed by atoms with Crippen LogP contribution in [0.4, 0.5) is 0 Å². The van der Waals surface area contributed by atoms with Crippen LogP contribution in [0.1, 0.15) is 18.1 Å². The number of rotatable bonds is 4. The van der Waals surface area contributed by atoms with E-state index in [-0.39, 0.29) is 5.91 Å². The molecule has 0 unspecified atom stereocenters. The fourth-order valence-corrected chi connectivity index (χ4v) is 1.27. The minimum atomic E-state index is -0.0215. The van der Waals surface area contributed by atoms with Crippen LogP contribution in [-0.4, -0.2) is 12.5 Å². The molecule has 0 atom stereocenters. The van der Waals surface area contributed by atoms with Crippen LogP contribution >= 0.6 is 0 Å². The zero-order chi connectivity index (χ0) is 11.1. The van der Waals surface area contributed by atoms with E-state index in [2.05, 4.69) is 5.32 Å². The third-order valence-electron chi connectivity index (χ3n) is 2.04. The highest BCUT2D eigenvalue weighted by Gasteiger charge is 1.94. The van der Waals surface area contributed by atoms with E-state index < -0.39 is 0 Å². The van der Waals surface area contributed by atoms with Crippen molar-refractivity contribution in [3.05, 3.63) is 41.5 Å². The van der Waals surface area contributed by atoms with E-state index in [9.17, 15) is 4.79 Å². The van der Waals surface area contributed by atoms with Gasteiger partial charge in [-0.15, -0.1) is 0 Å². The maximum Gasteiger partial charge on any atom is 0.217 e.